The molecular formula is C18H28N4O. The van der Waals surface area contributed by atoms with Crippen LogP contribution in [-0.4, -0.2) is 36.6 Å². The largest absolute Gasteiger partial charge is 0.356 e. The normalized spacial score (nSPS) is 25.6. The molecule has 1 saturated heterocycles. The SMILES string of the molecule is Cc1ccc(N2CCC(NC(=O)[C@@H]3CCC[C@@H]3CN)CC2)nc1. The Hall–Kier alpha value is -1.62. The quantitative estimate of drug-likeness (QED) is 0.889. The van der Waals surface area contributed by atoms with Crippen LogP contribution < -0.4 is 16.0 Å². The van der Waals surface area contributed by atoms with Crippen molar-refractivity contribution >= 4 is 11.7 Å². The van der Waals surface area contributed by atoms with Crippen molar-refractivity contribution in [2.75, 3.05) is 24.5 Å². The van der Waals surface area contributed by atoms with Gasteiger partial charge in [0.05, 0.1) is 0 Å². The van der Waals surface area contributed by atoms with Crippen LogP contribution in [0.2, 0.25) is 0 Å². The molecule has 5 nitrogen and oxygen atoms in total. The number of nitrogens with zero attached hydrogens (tertiary/aromatic N) is 2. The Morgan fingerprint density at radius 2 is 2.09 bits per heavy atom. The molecule has 0 unspecified atom stereocenters. The predicted octanol–water partition coefficient (Wildman–Crippen LogP) is 1.85. The standard InChI is InChI=1S/C18H28N4O/c1-13-5-6-17(20-12-13)22-9-7-15(8-10-22)21-18(23)16-4-2-3-14(16)11-19/h5-6,12,14-16H,2-4,7-11,19H2,1H3,(H,21,23)/t14-,16-/m1/s1. The molecule has 3 rings (SSSR count). The maximum absolute atomic E-state index is 12.5. The van der Waals surface area contributed by atoms with Crippen LogP contribution in [0.4, 0.5) is 5.82 Å². The Labute approximate surface area is 138 Å². The van der Waals surface area contributed by atoms with E-state index in [1.54, 1.807) is 0 Å². The minimum absolute atomic E-state index is 0.136. The van der Waals surface area contributed by atoms with Crippen LogP contribution in [0.3, 0.4) is 0 Å². The molecule has 0 aromatic carbocycles. The van der Waals surface area contributed by atoms with Crippen LogP contribution in [0, 0.1) is 18.8 Å². The molecule has 2 fully saturated rings. The second kappa shape index (κ2) is 7.30. The van der Waals surface area contributed by atoms with Crippen LogP contribution in [0.25, 0.3) is 0 Å². The van der Waals surface area contributed by atoms with E-state index in [0.717, 1.165) is 51.0 Å². The highest BCUT2D eigenvalue weighted by molar-refractivity contribution is 5.79. The second-order valence-corrected chi connectivity index (χ2v) is 7.00. The van der Waals surface area contributed by atoms with Gasteiger partial charge in [0.1, 0.15) is 5.82 Å². The van der Waals surface area contributed by atoms with E-state index < -0.39 is 0 Å². The van der Waals surface area contributed by atoms with E-state index in [2.05, 4.69) is 34.3 Å². The minimum Gasteiger partial charge on any atom is -0.356 e. The maximum atomic E-state index is 12.5. The van der Waals surface area contributed by atoms with Crippen LogP contribution in [0.15, 0.2) is 18.3 Å². The van der Waals surface area contributed by atoms with E-state index in [4.69, 9.17) is 5.73 Å². The number of anilines is 1. The zero-order valence-electron chi connectivity index (χ0n) is 14.0. The molecule has 0 spiro atoms. The highest BCUT2D eigenvalue weighted by Crippen LogP contribution is 2.31. The summed E-state index contributed by atoms with van der Waals surface area (Å²) < 4.78 is 0. The minimum atomic E-state index is 0.136. The fraction of sp³-hybridized carbons (Fsp3) is 0.667. The highest BCUT2D eigenvalue weighted by Gasteiger charge is 2.33. The molecule has 5 heteroatoms. The van der Waals surface area contributed by atoms with Gasteiger partial charge in [-0.1, -0.05) is 12.5 Å². The number of amides is 1. The van der Waals surface area contributed by atoms with Gasteiger partial charge >= 0.3 is 0 Å². The van der Waals surface area contributed by atoms with Gasteiger partial charge in [-0.3, -0.25) is 4.79 Å². The number of piperidine rings is 1. The van der Waals surface area contributed by atoms with Gasteiger partial charge < -0.3 is 16.0 Å². The summed E-state index contributed by atoms with van der Waals surface area (Å²) in [4.78, 5) is 19.3. The van der Waals surface area contributed by atoms with Crippen LogP contribution in [0.1, 0.15) is 37.7 Å². The molecule has 1 aromatic rings. The van der Waals surface area contributed by atoms with Crippen molar-refractivity contribution in [3.8, 4) is 0 Å². The summed E-state index contributed by atoms with van der Waals surface area (Å²) in [7, 11) is 0. The van der Waals surface area contributed by atoms with E-state index in [0.29, 0.717) is 18.5 Å². The number of carbonyl (C=O) groups is 1. The fourth-order valence-corrected chi connectivity index (χ4v) is 3.87. The van der Waals surface area contributed by atoms with Gasteiger partial charge in [-0.25, -0.2) is 4.98 Å². The van der Waals surface area contributed by atoms with Crippen molar-refractivity contribution < 1.29 is 4.79 Å². The first-order valence-electron chi connectivity index (χ1n) is 8.85. The van der Waals surface area contributed by atoms with Crippen molar-refractivity contribution in [1.29, 1.82) is 0 Å². The first-order chi connectivity index (χ1) is 11.2. The molecule has 3 N–H and O–H groups in total. The average molecular weight is 316 g/mol. The highest BCUT2D eigenvalue weighted by atomic mass is 16.2. The molecule has 0 bridgehead atoms. The monoisotopic (exact) mass is 316 g/mol. The maximum Gasteiger partial charge on any atom is 0.223 e. The lowest BCUT2D eigenvalue weighted by Gasteiger charge is -2.34. The van der Waals surface area contributed by atoms with E-state index in [-0.39, 0.29) is 11.8 Å². The third-order valence-electron chi connectivity index (χ3n) is 5.36. The van der Waals surface area contributed by atoms with Gasteiger partial charge in [0.2, 0.25) is 5.91 Å². The number of carbonyl (C=O) groups excluding carboxylic acids is 1. The average Bonchev–Trinajstić information content (AvgIpc) is 3.05. The Bertz CT molecular complexity index is 522. The van der Waals surface area contributed by atoms with Crippen molar-refractivity contribution in [2.24, 2.45) is 17.6 Å². The fourth-order valence-electron chi connectivity index (χ4n) is 3.87. The number of rotatable bonds is 4. The summed E-state index contributed by atoms with van der Waals surface area (Å²) in [6.45, 7) is 4.59. The third-order valence-corrected chi connectivity index (χ3v) is 5.36. The van der Waals surface area contributed by atoms with E-state index in [9.17, 15) is 4.79 Å². The predicted molar refractivity (Wildman–Crippen MR) is 92.2 cm³/mol. The van der Waals surface area contributed by atoms with Gasteiger partial charge in [-0.15, -0.1) is 0 Å². The molecule has 1 amide bonds. The molecular weight excluding hydrogens is 288 g/mol. The van der Waals surface area contributed by atoms with E-state index >= 15 is 0 Å². The lowest BCUT2D eigenvalue weighted by atomic mass is 9.94. The Balaban J connectivity index is 1.49. The van der Waals surface area contributed by atoms with E-state index in [1.165, 1.54) is 5.56 Å². The Morgan fingerprint density at radius 1 is 1.30 bits per heavy atom. The number of nitrogens with two attached hydrogens (primary N) is 1. The van der Waals surface area contributed by atoms with Crippen LogP contribution >= 0.6 is 0 Å². The summed E-state index contributed by atoms with van der Waals surface area (Å²) in [5, 5.41) is 3.26. The number of aryl methyl sites for hydroxylation is 1. The first kappa shape index (κ1) is 16.2. The lowest BCUT2D eigenvalue weighted by Crippen LogP contribution is -2.47. The summed E-state index contributed by atoms with van der Waals surface area (Å²) in [5.74, 6) is 1.79. The van der Waals surface area contributed by atoms with E-state index in [1.807, 2.05) is 6.20 Å². The topological polar surface area (TPSA) is 71.2 Å². The number of aromatic nitrogens is 1. The number of hydrogen-bond donors (Lipinski definition) is 2. The zero-order chi connectivity index (χ0) is 16.2. The molecule has 1 aliphatic carbocycles. The van der Waals surface area contributed by atoms with Gasteiger partial charge in [0, 0.05) is 31.2 Å². The molecule has 1 aliphatic heterocycles. The van der Waals surface area contributed by atoms with Crippen LogP contribution in [0.5, 0.6) is 0 Å². The second-order valence-electron chi connectivity index (χ2n) is 7.00. The molecule has 126 valence electrons. The molecule has 0 radical (unpaired) electrons. The summed E-state index contributed by atoms with van der Waals surface area (Å²) in [6, 6.07) is 4.48. The Kier molecular flexibility index (Phi) is 5.16. The van der Waals surface area contributed by atoms with Gasteiger partial charge in [-0.2, -0.15) is 0 Å². The first-order valence-corrected chi connectivity index (χ1v) is 8.85. The van der Waals surface area contributed by atoms with Crippen LogP contribution in [-0.2, 0) is 4.79 Å². The van der Waals surface area contributed by atoms with Gasteiger partial charge in [-0.05, 0) is 56.7 Å². The number of hydrogen-bond acceptors (Lipinski definition) is 4. The smallest absolute Gasteiger partial charge is 0.223 e. The molecule has 23 heavy (non-hydrogen) atoms. The van der Waals surface area contributed by atoms with Crippen molar-refractivity contribution in [2.45, 2.75) is 45.1 Å². The molecule has 2 atom stereocenters. The Morgan fingerprint density at radius 3 is 2.74 bits per heavy atom. The van der Waals surface area contributed by atoms with Gasteiger partial charge in [0.25, 0.3) is 0 Å². The van der Waals surface area contributed by atoms with Gasteiger partial charge in [0.15, 0.2) is 0 Å². The van der Waals surface area contributed by atoms with Crippen molar-refractivity contribution in [1.82, 2.24) is 10.3 Å². The zero-order valence-corrected chi connectivity index (χ0v) is 14.0. The summed E-state index contributed by atoms with van der Waals surface area (Å²) >= 11 is 0. The van der Waals surface area contributed by atoms with Crippen molar-refractivity contribution in [3.05, 3.63) is 23.9 Å². The summed E-state index contributed by atoms with van der Waals surface area (Å²) in [5.41, 5.74) is 6.98. The lowest BCUT2D eigenvalue weighted by molar-refractivity contribution is -0.126. The number of nitrogens with one attached hydrogen (secondary N) is 1. The molecule has 2 aliphatic rings. The van der Waals surface area contributed by atoms with Crippen molar-refractivity contribution in [3.63, 3.8) is 0 Å². The molecule has 2 heterocycles. The number of pyridine rings is 1. The third kappa shape index (κ3) is 3.83. The summed E-state index contributed by atoms with van der Waals surface area (Å²) in [6.07, 6.45) is 7.13. The molecule has 1 aromatic heterocycles. The molecule has 1 saturated carbocycles.